The van der Waals surface area contributed by atoms with Gasteiger partial charge in [0.1, 0.15) is 12.4 Å². The van der Waals surface area contributed by atoms with Crippen LogP contribution in [0.25, 0.3) is 0 Å². The number of para-hydroxylation sites is 1. The van der Waals surface area contributed by atoms with Crippen molar-refractivity contribution in [2.75, 3.05) is 12.4 Å². The predicted octanol–water partition coefficient (Wildman–Crippen LogP) is 2.92. The van der Waals surface area contributed by atoms with Crippen molar-refractivity contribution in [1.82, 2.24) is 4.98 Å². The van der Waals surface area contributed by atoms with Gasteiger partial charge >= 0.3 is 5.69 Å². The Morgan fingerprint density at radius 3 is 2.75 bits per heavy atom. The number of hydrogen-bond donors (Lipinski definition) is 1. The van der Waals surface area contributed by atoms with Crippen LogP contribution in [0.4, 0.5) is 11.5 Å². The summed E-state index contributed by atoms with van der Waals surface area (Å²) >= 11 is 0. The van der Waals surface area contributed by atoms with Crippen molar-refractivity contribution in [2.24, 2.45) is 0 Å². The van der Waals surface area contributed by atoms with E-state index in [1.807, 2.05) is 12.1 Å². The number of pyridine rings is 1. The van der Waals surface area contributed by atoms with E-state index >= 15 is 0 Å². The second-order valence-electron chi connectivity index (χ2n) is 4.27. The highest BCUT2D eigenvalue weighted by molar-refractivity contribution is 5.52. The van der Waals surface area contributed by atoms with Crippen molar-refractivity contribution in [3.63, 3.8) is 0 Å². The molecule has 1 N–H and O–H groups in total. The van der Waals surface area contributed by atoms with E-state index in [0.717, 1.165) is 11.4 Å². The van der Waals surface area contributed by atoms with Crippen molar-refractivity contribution < 1.29 is 9.66 Å². The summed E-state index contributed by atoms with van der Waals surface area (Å²) < 4.78 is 5.54. The molecule has 0 aliphatic heterocycles. The molecule has 0 saturated heterocycles. The fraction of sp³-hybridized carbons (Fsp3) is 0.214. The van der Waals surface area contributed by atoms with Gasteiger partial charge in [-0.2, -0.15) is 0 Å². The summed E-state index contributed by atoms with van der Waals surface area (Å²) in [5, 5.41) is 14.0. The first-order valence-corrected chi connectivity index (χ1v) is 6.11. The van der Waals surface area contributed by atoms with Crippen LogP contribution in [0.2, 0.25) is 0 Å². The predicted molar refractivity (Wildman–Crippen MR) is 75.9 cm³/mol. The summed E-state index contributed by atoms with van der Waals surface area (Å²) in [5.41, 5.74) is 1.43. The van der Waals surface area contributed by atoms with Gasteiger partial charge in [0.2, 0.25) is 0 Å². The van der Waals surface area contributed by atoms with Crippen molar-refractivity contribution in [3.8, 4) is 5.75 Å². The number of aromatic nitrogens is 1. The molecule has 0 radical (unpaired) electrons. The van der Waals surface area contributed by atoms with Crippen molar-refractivity contribution >= 4 is 11.5 Å². The third kappa shape index (κ3) is 3.03. The van der Waals surface area contributed by atoms with Gasteiger partial charge in [0.25, 0.3) is 0 Å². The summed E-state index contributed by atoms with van der Waals surface area (Å²) in [6.07, 6.45) is 1.67. The third-order valence-corrected chi connectivity index (χ3v) is 2.86. The van der Waals surface area contributed by atoms with Crippen LogP contribution < -0.4 is 10.1 Å². The van der Waals surface area contributed by atoms with E-state index in [1.54, 1.807) is 38.4 Å². The smallest absolute Gasteiger partial charge is 0.313 e. The molecule has 2 rings (SSSR count). The van der Waals surface area contributed by atoms with Gasteiger partial charge in [0.05, 0.1) is 4.92 Å². The molecule has 2 aromatic rings. The minimum atomic E-state index is -0.424. The Labute approximate surface area is 116 Å². The Morgan fingerprint density at radius 1 is 1.35 bits per heavy atom. The molecule has 20 heavy (non-hydrogen) atoms. The van der Waals surface area contributed by atoms with Gasteiger partial charge in [0.15, 0.2) is 5.75 Å². The highest BCUT2D eigenvalue weighted by Gasteiger charge is 2.17. The molecule has 0 atom stereocenters. The molecular weight excluding hydrogens is 258 g/mol. The molecule has 0 fully saturated rings. The van der Waals surface area contributed by atoms with Gasteiger partial charge in [-0.05, 0) is 19.1 Å². The number of nitrogens with one attached hydrogen (secondary N) is 1. The van der Waals surface area contributed by atoms with Crippen LogP contribution in [-0.2, 0) is 6.61 Å². The average Bonchev–Trinajstić information content (AvgIpc) is 2.45. The fourth-order valence-corrected chi connectivity index (χ4v) is 1.80. The largest absolute Gasteiger partial charge is 0.482 e. The van der Waals surface area contributed by atoms with E-state index in [-0.39, 0.29) is 18.0 Å². The molecule has 104 valence electrons. The van der Waals surface area contributed by atoms with Crippen molar-refractivity contribution in [3.05, 3.63) is 57.8 Å². The minimum absolute atomic E-state index is 0.00676. The molecule has 6 heteroatoms. The molecule has 0 aliphatic rings. The van der Waals surface area contributed by atoms with Crippen LogP contribution in [-0.4, -0.2) is 17.0 Å². The number of anilines is 1. The zero-order valence-corrected chi connectivity index (χ0v) is 11.3. The molecule has 0 aliphatic carbocycles. The number of nitrogens with zero attached hydrogens (tertiary/aromatic N) is 2. The number of nitro benzene ring substituents is 1. The molecule has 0 bridgehead atoms. The normalized spacial score (nSPS) is 10.1. The fourth-order valence-electron chi connectivity index (χ4n) is 1.80. The standard InChI is InChI=1S/C14H15N3O3/c1-10-4-3-5-12(14(10)17(18)19)20-9-11-6-7-13(15-2)16-8-11/h3-8H,9H2,1-2H3,(H,15,16). The van der Waals surface area contributed by atoms with Gasteiger partial charge < -0.3 is 10.1 Å². The highest BCUT2D eigenvalue weighted by Crippen LogP contribution is 2.30. The number of benzene rings is 1. The van der Waals surface area contributed by atoms with Crippen LogP contribution in [0.15, 0.2) is 36.5 Å². The van der Waals surface area contributed by atoms with E-state index < -0.39 is 4.92 Å². The van der Waals surface area contributed by atoms with E-state index in [9.17, 15) is 10.1 Å². The van der Waals surface area contributed by atoms with Crippen LogP contribution in [0.3, 0.4) is 0 Å². The highest BCUT2D eigenvalue weighted by atomic mass is 16.6. The zero-order valence-electron chi connectivity index (χ0n) is 11.3. The molecule has 1 heterocycles. The molecule has 0 saturated carbocycles. The zero-order chi connectivity index (χ0) is 14.5. The first-order chi connectivity index (χ1) is 9.61. The van der Waals surface area contributed by atoms with Crippen LogP contribution in [0.5, 0.6) is 5.75 Å². The Bertz CT molecular complexity index is 612. The summed E-state index contributed by atoms with van der Waals surface area (Å²) in [6.45, 7) is 1.93. The van der Waals surface area contributed by atoms with E-state index in [2.05, 4.69) is 10.3 Å². The maximum Gasteiger partial charge on any atom is 0.313 e. The van der Waals surface area contributed by atoms with Gasteiger partial charge in [-0.25, -0.2) is 4.98 Å². The lowest BCUT2D eigenvalue weighted by atomic mass is 10.2. The summed E-state index contributed by atoms with van der Waals surface area (Å²) in [5.74, 6) is 1.03. The van der Waals surface area contributed by atoms with Gasteiger partial charge in [0, 0.05) is 24.4 Å². The lowest BCUT2D eigenvalue weighted by Gasteiger charge is -2.08. The molecule has 0 unspecified atom stereocenters. The van der Waals surface area contributed by atoms with E-state index in [0.29, 0.717) is 5.56 Å². The number of rotatable bonds is 5. The molecule has 1 aromatic carbocycles. The van der Waals surface area contributed by atoms with Crippen LogP contribution >= 0.6 is 0 Å². The summed E-state index contributed by atoms with van der Waals surface area (Å²) in [6, 6.07) is 8.71. The molecule has 0 spiro atoms. The second-order valence-corrected chi connectivity index (χ2v) is 4.27. The summed E-state index contributed by atoms with van der Waals surface area (Å²) in [7, 11) is 1.79. The van der Waals surface area contributed by atoms with E-state index in [4.69, 9.17) is 4.74 Å². The maximum absolute atomic E-state index is 11.0. The molecular formula is C14H15N3O3. The molecule has 0 amide bonds. The second kappa shape index (κ2) is 6.01. The maximum atomic E-state index is 11.0. The first kappa shape index (κ1) is 13.8. The topological polar surface area (TPSA) is 77.3 Å². The van der Waals surface area contributed by atoms with Crippen LogP contribution in [0, 0.1) is 17.0 Å². The third-order valence-electron chi connectivity index (χ3n) is 2.86. The van der Waals surface area contributed by atoms with Crippen LogP contribution in [0.1, 0.15) is 11.1 Å². The lowest BCUT2D eigenvalue weighted by molar-refractivity contribution is -0.386. The lowest BCUT2D eigenvalue weighted by Crippen LogP contribution is -2.01. The van der Waals surface area contributed by atoms with Crippen molar-refractivity contribution in [2.45, 2.75) is 13.5 Å². The van der Waals surface area contributed by atoms with Gasteiger partial charge in [-0.3, -0.25) is 10.1 Å². The molecule has 6 nitrogen and oxygen atoms in total. The Balaban J connectivity index is 2.14. The molecule has 1 aromatic heterocycles. The Hall–Kier alpha value is -2.63. The number of aryl methyl sites for hydroxylation is 1. The number of nitro groups is 1. The minimum Gasteiger partial charge on any atom is -0.482 e. The Morgan fingerprint density at radius 2 is 2.15 bits per heavy atom. The van der Waals surface area contributed by atoms with Gasteiger partial charge in [-0.15, -0.1) is 0 Å². The summed E-state index contributed by atoms with van der Waals surface area (Å²) in [4.78, 5) is 14.8. The van der Waals surface area contributed by atoms with E-state index in [1.165, 1.54) is 0 Å². The number of hydrogen-bond acceptors (Lipinski definition) is 5. The average molecular weight is 273 g/mol. The monoisotopic (exact) mass is 273 g/mol. The van der Waals surface area contributed by atoms with Crippen molar-refractivity contribution in [1.29, 1.82) is 0 Å². The first-order valence-electron chi connectivity index (χ1n) is 6.11. The SMILES string of the molecule is CNc1ccc(COc2cccc(C)c2[N+](=O)[O-])cn1. The Kier molecular flexibility index (Phi) is 4.14. The number of ether oxygens (including phenoxy) is 1. The van der Waals surface area contributed by atoms with Gasteiger partial charge in [-0.1, -0.05) is 18.2 Å². The quantitative estimate of drug-likeness (QED) is 0.669.